The molecule has 0 saturated carbocycles. The van der Waals surface area contributed by atoms with Gasteiger partial charge in [0.15, 0.2) is 0 Å². The maximum absolute atomic E-state index is 12.2. The topological polar surface area (TPSA) is 84.2 Å². The Balaban J connectivity index is 1.78. The first-order chi connectivity index (χ1) is 11.5. The lowest BCUT2D eigenvalue weighted by atomic mass is 10.0. The van der Waals surface area contributed by atoms with Crippen LogP contribution >= 0.6 is 0 Å². The van der Waals surface area contributed by atoms with E-state index in [4.69, 9.17) is 4.84 Å². The van der Waals surface area contributed by atoms with E-state index in [1.807, 2.05) is 44.4 Å². The van der Waals surface area contributed by atoms with Gasteiger partial charge in [-0.3, -0.25) is 9.59 Å². The molecule has 1 aromatic rings. The number of benzene rings is 1. The number of carbonyl (C=O) groups is 2. The average Bonchev–Trinajstić information content (AvgIpc) is 3.05. The number of rotatable bonds is 7. The van der Waals surface area contributed by atoms with Crippen molar-refractivity contribution in [3.8, 4) is 0 Å². The van der Waals surface area contributed by atoms with E-state index < -0.39 is 12.1 Å². The number of amides is 2. The van der Waals surface area contributed by atoms with Crippen molar-refractivity contribution >= 4 is 17.5 Å². The fourth-order valence-electron chi connectivity index (χ4n) is 2.28. The van der Waals surface area contributed by atoms with Crippen molar-refractivity contribution in [3.05, 3.63) is 35.9 Å². The molecule has 2 atom stereocenters. The predicted octanol–water partition coefficient (Wildman–Crippen LogP) is -1.05. The highest BCUT2D eigenvalue weighted by Crippen LogP contribution is 2.16. The molecular formula is C17H25N4O3+. The quantitative estimate of drug-likeness (QED) is 0.595. The highest BCUT2D eigenvalue weighted by molar-refractivity contribution is 6.04. The number of quaternary nitrogens is 1. The van der Waals surface area contributed by atoms with Crippen LogP contribution in [0.25, 0.3) is 0 Å². The molecule has 0 aliphatic carbocycles. The standard InChI is InChI=1S/C17H24N4O3/c1-12(16(22)18-9-10-21(2)3)19-17(23)15-11-14(20-24-15)13-7-5-4-6-8-13/h4-8,12,15H,9-11H2,1-3H3,(H,18,22)(H,19,23)/p+1/t12-,15+/m1/s1. The Hall–Kier alpha value is -2.41. The van der Waals surface area contributed by atoms with Crippen molar-refractivity contribution in [2.75, 3.05) is 27.2 Å². The van der Waals surface area contributed by atoms with E-state index in [1.54, 1.807) is 6.92 Å². The van der Waals surface area contributed by atoms with Crippen LogP contribution in [-0.2, 0) is 14.4 Å². The minimum atomic E-state index is -0.693. The Morgan fingerprint density at radius 2 is 2.04 bits per heavy atom. The summed E-state index contributed by atoms with van der Waals surface area (Å²) in [5.41, 5.74) is 1.67. The van der Waals surface area contributed by atoms with Gasteiger partial charge in [-0.05, 0) is 12.5 Å². The molecule has 0 spiro atoms. The van der Waals surface area contributed by atoms with E-state index in [0.29, 0.717) is 13.0 Å². The normalized spacial score (nSPS) is 17.8. The summed E-state index contributed by atoms with van der Waals surface area (Å²) in [6.45, 7) is 3.05. The van der Waals surface area contributed by atoms with Gasteiger partial charge in [0.05, 0.1) is 32.9 Å². The van der Waals surface area contributed by atoms with Gasteiger partial charge in [0.2, 0.25) is 12.0 Å². The Labute approximate surface area is 142 Å². The third-order valence-electron chi connectivity index (χ3n) is 3.74. The molecule has 2 rings (SSSR count). The molecule has 1 heterocycles. The molecule has 0 radical (unpaired) electrons. The van der Waals surface area contributed by atoms with Gasteiger partial charge in [-0.1, -0.05) is 35.5 Å². The Morgan fingerprint density at radius 3 is 2.71 bits per heavy atom. The van der Waals surface area contributed by atoms with Gasteiger partial charge in [0.1, 0.15) is 6.04 Å². The predicted molar refractivity (Wildman–Crippen MR) is 90.8 cm³/mol. The number of nitrogens with one attached hydrogen (secondary N) is 3. The highest BCUT2D eigenvalue weighted by atomic mass is 16.6. The lowest BCUT2D eigenvalue weighted by Crippen LogP contribution is -3.06. The number of hydrogen-bond acceptors (Lipinski definition) is 4. The van der Waals surface area contributed by atoms with Gasteiger partial charge in [0.25, 0.3) is 5.91 Å². The van der Waals surface area contributed by atoms with Crippen LogP contribution in [0.2, 0.25) is 0 Å². The van der Waals surface area contributed by atoms with Crippen LogP contribution in [0.4, 0.5) is 0 Å². The van der Waals surface area contributed by atoms with Crippen molar-refractivity contribution < 1.29 is 19.3 Å². The summed E-state index contributed by atoms with van der Waals surface area (Å²) >= 11 is 0. The van der Waals surface area contributed by atoms with Crippen molar-refractivity contribution in [1.82, 2.24) is 10.6 Å². The molecule has 2 amide bonds. The van der Waals surface area contributed by atoms with E-state index in [1.165, 1.54) is 4.90 Å². The summed E-state index contributed by atoms with van der Waals surface area (Å²) in [6.07, 6.45) is -0.296. The third-order valence-corrected chi connectivity index (χ3v) is 3.74. The van der Waals surface area contributed by atoms with Gasteiger partial charge in [0, 0.05) is 6.42 Å². The molecule has 0 bridgehead atoms. The first-order valence-corrected chi connectivity index (χ1v) is 8.12. The maximum Gasteiger partial charge on any atom is 0.264 e. The van der Waals surface area contributed by atoms with E-state index >= 15 is 0 Å². The number of hydrogen-bond donors (Lipinski definition) is 3. The zero-order valence-corrected chi connectivity index (χ0v) is 14.3. The molecule has 0 saturated heterocycles. The molecule has 0 fully saturated rings. The van der Waals surface area contributed by atoms with Crippen LogP contribution in [0.3, 0.4) is 0 Å². The fourth-order valence-corrected chi connectivity index (χ4v) is 2.28. The maximum atomic E-state index is 12.2. The minimum Gasteiger partial charge on any atom is -0.382 e. The van der Waals surface area contributed by atoms with Crippen LogP contribution in [0, 0.1) is 0 Å². The fraction of sp³-hybridized carbons (Fsp3) is 0.471. The summed E-state index contributed by atoms with van der Waals surface area (Å²) in [6, 6.07) is 8.97. The second-order valence-electron chi connectivity index (χ2n) is 6.18. The number of carbonyl (C=O) groups excluding carboxylic acids is 2. The van der Waals surface area contributed by atoms with Crippen LogP contribution < -0.4 is 15.5 Å². The second-order valence-corrected chi connectivity index (χ2v) is 6.18. The highest BCUT2D eigenvalue weighted by Gasteiger charge is 2.30. The van der Waals surface area contributed by atoms with E-state index in [2.05, 4.69) is 15.8 Å². The van der Waals surface area contributed by atoms with E-state index in [-0.39, 0.29) is 11.8 Å². The molecule has 0 aromatic heterocycles. The van der Waals surface area contributed by atoms with Crippen molar-refractivity contribution in [2.24, 2.45) is 5.16 Å². The van der Waals surface area contributed by atoms with Gasteiger partial charge < -0.3 is 20.4 Å². The summed E-state index contributed by atoms with van der Waals surface area (Å²) in [4.78, 5) is 30.6. The summed E-state index contributed by atoms with van der Waals surface area (Å²) in [7, 11) is 4.03. The molecule has 7 heteroatoms. The number of nitrogens with zero attached hydrogens (tertiary/aromatic N) is 1. The number of likely N-dealkylation sites (N-methyl/N-ethyl adjacent to an activating group) is 1. The zero-order valence-electron chi connectivity index (χ0n) is 14.3. The Bertz CT molecular complexity index is 601. The molecular weight excluding hydrogens is 308 g/mol. The molecule has 3 N–H and O–H groups in total. The van der Waals surface area contributed by atoms with E-state index in [9.17, 15) is 9.59 Å². The molecule has 7 nitrogen and oxygen atoms in total. The summed E-state index contributed by atoms with van der Waals surface area (Å²) < 4.78 is 0. The molecule has 1 aliphatic rings. The van der Waals surface area contributed by atoms with Gasteiger partial charge >= 0.3 is 0 Å². The third kappa shape index (κ3) is 5.06. The largest absolute Gasteiger partial charge is 0.382 e. The van der Waals surface area contributed by atoms with Crippen molar-refractivity contribution in [1.29, 1.82) is 0 Å². The molecule has 0 unspecified atom stereocenters. The molecule has 24 heavy (non-hydrogen) atoms. The monoisotopic (exact) mass is 333 g/mol. The van der Waals surface area contributed by atoms with Crippen LogP contribution in [0.5, 0.6) is 0 Å². The van der Waals surface area contributed by atoms with Crippen LogP contribution in [0.15, 0.2) is 35.5 Å². The van der Waals surface area contributed by atoms with Crippen LogP contribution in [0.1, 0.15) is 18.9 Å². The summed E-state index contributed by atoms with van der Waals surface area (Å²) in [5, 5.41) is 9.46. The summed E-state index contributed by atoms with van der Waals surface area (Å²) in [5.74, 6) is -0.530. The lowest BCUT2D eigenvalue weighted by molar-refractivity contribution is -0.856. The number of oxime groups is 1. The smallest absolute Gasteiger partial charge is 0.264 e. The first-order valence-electron chi connectivity index (χ1n) is 8.12. The lowest BCUT2D eigenvalue weighted by Gasteiger charge is -2.16. The molecule has 130 valence electrons. The molecule has 1 aliphatic heterocycles. The average molecular weight is 333 g/mol. The molecule has 1 aromatic carbocycles. The van der Waals surface area contributed by atoms with Gasteiger partial charge in [-0.15, -0.1) is 0 Å². The van der Waals surface area contributed by atoms with Crippen molar-refractivity contribution in [2.45, 2.75) is 25.5 Å². The SMILES string of the molecule is C[C@@H](NC(=O)[C@@H]1CC(c2ccccc2)=NO1)C(=O)NCC[NH+](C)C. The van der Waals surface area contributed by atoms with Crippen LogP contribution in [-0.4, -0.2) is 56.9 Å². The van der Waals surface area contributed by atoms with Gasteiger partial charge in [-0.2, -0.15) is 0 Å². The van der Waals surface area contributed by atoms with E-state index in [0.717, 1.165) is 17.8 Å². The zero-order chi connectivity index (χ0) is 17.5. The Kier molecular flexibility index (Phi) is 6.31. The van der Waals surface area contributed by atoms with Crippen molar-refractivity contribution in [3.63, 3.8) is 0 Å². The Morgan fingerprint density at radius 1 is 1.33 bits per heavy atom. The van der Waals surface area contributed by atoms with Gasteiger partial charge in [-0.25, -0.2) is 0 Å². The second kappa shape index (κ2) is 8.44. The first kappa shape index (κ1) is 17.9. The minimum absolute atomic E-state index is 0.202.